The van der Waals surface area contributed by atoms with Crippen molar-refractivity contribution in [3.05, 3.63) is 23.1 Å². The molecule has 0 aromatic carbocycles. The Morgan fingerprint density at radius 1 is 1.42 bits per heavy atom. The van der Waals surface area contributed by atoms with Crippen molar-refractivity contribution in [1.29, 1.82) is 0 Å². The van der Waals surface area contributed by atoms with Gasteiger partial charge in [-0.3, -0.25) is 0 Å². The molecule has 19 heavy (non-hydrogen) atoms. The minimum atomic E-state index is 0.304. The summed E-state index contributed by atoms with van der Waals surface area (Å²) in [7, 11) is 0. The molecule has 1 aliphatic carbocycles. The van der Waals surface area contributed by atoms with Gasteiger partial charge >= 0.3 is 0 Å². The highest BCUT2D eigenvalue weighted by Gasteiger charge is 2.28. The molecular weight excluding hydrogens is 242 g/mol. The Morgan fingerprint density at radius 3 is 2.95 bits per heavy atom. The highest BCUT2D eigenvalue weighted by Crippen LogP contribution is 2.31. The maximum atomic E-state index is 5.31. The highest BCUT2D eigenvalue weighted by molar-refractivity contribution is 5.18. The molecule has 0 aliphatic heterocycles. The molecule has 0 bridgehead atoms. The summed E-state index contributed by atoms with van der Waals surface area (Å²) in [5.74, 6) is 2.32. The van der Waals surface area contributed by atoms with E-state index in [1.165, 1.54) is 5.69 Å². The normalized spacial score (nSPS) is 18.8. The summed E-state index contributed by atoms with van der Waals surface area (Å²) < 4.78 is 7.34. The molecule has 0 spiro atoms. The third-order valence-electron chi connectivity index (χ3n) is 3.52. The van der Waals surface area contributed by atoms with Crippen LogP contribution in [0, 0.1) is 12.8 Å². The summed E-state index contributed by atoms with van der Waals surface area (Å²) in [5.41, 5.74) is 2.37. The van der Waals surface area contributed by atoms with Crippen molar-refractivity contribution >= 4 is 0 Å². The lowest BCUT2D eigenvalue weighted by atomic mass is 9.89. The molecule has 2 aromatic rings. The van der Waals surface area contributed by atoms with Gasteiger partial charge in [-0.1, -0.05) is 24.2 Å². The number of aryl methyl sites for hydroxylation is 2. The van der Waals surface area contributed by atoms with Crippen LogP contribution >= 0.6 is 0 Å². The van der Waals surface area contributed by atoms with Crippen LogP contribution in [-0.4, -0.2) is 25.1 Å². The molecule has 0 saturated heterocycles. The summed E-state index contributed by atoms with van der Waals surface area (Å²) in [6, 6.07) is 0. The fourth-order valence-electron chi connectivity index (χ4n) is 2.61. The number of fused-ring (bicyclic) bond motifs is 1. The first-order valence-corrected chi connectivity index (χ1v) is 6.85. The van der Waals surface area contributed by atoms with E-state index in [2.05, 4.69) is 34.3 Å². The molecule has 1 unspecified atom stereocenters. The zero-order chi connectivity index (χ0) is 13.4. The molecule has 0 saturated carbocycles. The quantitative estimate of drug-likeness (QED) is 0.844. The molecule has 1 atom stereocenters. The molecule has 102 valence electrons. The Kier molecular flexibility index (Phi) is 3.08. The summed E-state index contributed by atoms with van der Waals surface area (Å²) >= 11 is 0. The van der Waals surface area contributed by atoms with Crippen LogP contribution in [-0.2, 0) is 19.4 Å². The van der Waals surface area contributed by atoms with Gasteiger partial charge in [0.1, 0.15) is 0 Å². The number of hydrogen-bond donors (Lipinski definition) is 0. The van der Waals surface area contributed by atoms with Crippen LogP contribution in [0.1, 0.15) is 49.3 Å². The van der Waals surface area contributed by atoms with E-state index in [-0.39, 0.29) is 0 Å². The molecule has 3 rings (SSSR count). The van der Waals surface area contributed by atoms with Gasteiger partial charge in [-0.05, 0) is 25.7 Å². The molecular formula is C13H19N5O. The van der Waals surface area contributed by atoms with E-state index >= 15 is 0 Å². The van der Waals surface area contributed by atoms with Crippen molar-refractivity contribution < 1.29 is 4.52 Å². The number of aromatic nitrogens is 5. The largest absolute Gasteiger partial charge is 0.339 e. The molecule has 2 aromatic heterocycles. The Labute approximate surface area is 112 Å². The molecule has 0 fully saturated rings. The average Bonchev–Trinajstić information content (AvgIpc) is 2.95. The van der Waals surface area contributed by atoms with E-state index in [1.54, 1.807) is 0 Å². The predicted octanol–water partition coefficient (Wildman–Crippen LogP) is 1.90. The second-order valence-electron chi connectivity index (χ2n) is 5.68. The van der Waals surface area contributed by atoms with Gasteiger partial charge in [0, 0.05) is 18.9 Å². The van der Waals surface area contributed by atoms with Gasteiger partial charge in [-0.15, -0.1) is 5.10 Å². The smallest absolute Gasteiger partial charge is 0.230 e. The topological polar surface area (TPSA) is 69.6 Å². The van der Waals surface area contributed by atoms with Gasteiger partial charge in [-0.25, -0.2) is 4.68 Å². The van der Waals surface area contributed by atoms with Crippen LogP contribution in [0.4, 0.5) is 0 Å². The highest BCUT2D eigenvalue weighted by atomic mass is 16.5. The van der Waals surface area contributed by atoms with E-state index < -0.39 is 0 Å². The fraction of sp³-hybridized carbons (Fsp3) is 0.692. The van der Waals surface area contributed by atoms with Gasteiger partial charge in [0.25, 0.3) is 0 Å². The molecule has 1 aliphatic rings. The molecule has 6 heteroatoms. The first-order valence-electron chi connectivity index (χ1n) is 6.85. The Bertz CT molecular complexity index is 571. The van der Waals surface area contributed by atoms with E-state index in [0.717, 1.165) is 37.4 Å². The van der Waals surface area contributed by atoms with Gasteiger partial charge < -0.3 is 4.52 Å². The van der Waals surface area contributed by atoms with Crippen LogP contribution in [0.15, 0.2) is 4.52 Å². The van der Waals surface area contributed by atoms with E-state index in [4.69, 9.17) is 4.52 Å². The lowest BCUT2D eigenvalue weighted by Crippen LogP contribution is -2.18. The standard InChI is InChI=1S/C13H19N5O/c1-8(2)7-18-12-6-10(4-5-11(12)15-17-18)13-14-9(3)16-19-13/h8,10H,4-7H2,1-3H3. The van der Waals surface area contributed by atoms with Gasteiger partial charge in [-0.2, -0.15) is 4.98 Å². The zero-order valence-electron chi connectivity index (χ0n) is 11.6. The zero-order valence-corrected chi connectivity index (χ0v) is 11.6. The van der Waals surface area contributed by atoms with Crippen molar-refractivity contribution in [2.24, 2.45) is 5.92 Å². The van der Waals surface area contributed by atoms with Crippen molar-refractivity contribution in [3.8, 4) is 0 Å². The van der Waals surface area contributed by atoms with Crippen LogP contribution < -0.4 is 0 Å². The van der Waals surface area contributed by atoms with E-state index in [9.17, 15) is 0 Å². The molecule has 6 nitrogen and oxygen atoms in total. The molecule has 0 N–H and O–H groups in total. The summed E-state index contributed by atoms with van der Waals surface area (Å²) in [6.45, 7) is 7.15. The van der Waals surface area contributed by atoms with Crippen molar-refractivity contribution in [2.45, 2.75) is 52.5 Å². The fourth-order valence-corrected chi connectivity index (χ4v) is 2.61. The molecule has 0 amide bonds. The maximum absolute atomic E-state index is 5.31. The predicted molar refractivity (Wildman–Crippen MR) is 68.7 cm³/mol. The third kappa shape index (κ3) is 2.39. The van der Waals surface area contributed by atoms with E-state index in [0.29, 0.717) is 17.7 Å². The second kappa shape index (κ2) is 4.75. The summed E-state index contributed by atoms with van der Waals surface area (Å²) in [4.78, 5) is 4.35. The number of rotatable bonds is 3. The van der Waals surface area contributed by atoms with Gasteiger partial charge in [0.05, 0.1) is 11.4 Å². The number of nitrogens with zero attached hydrogens (tertiary/aromatic N) is 5. The first kappa shape index (κ1) is 12.3. The van der Waals surface area contributed by atoms with Crippen LogP contribution in [0.2, 0.25) is 0 Å². The first-order chi connectivity index (χ1) is 9.13. The molecule has 2 heterocycles. The Balaban J connectivity index is 1.84. The van der Waals surface area contributed by atoms with Crippen LogP contribution in [0.25, 0.3) is 0 Å². The lowest BCUT2D eigenvalue weighted by Gasteiger charge is -2.19. The Morgan fingerprint density at radius 2 is 2.26 bits per heavy atom. The van der Waals surface area contributed by atoms with Gasteiger partial charge in [0.2, 0.25) is 5.89 Å². The SMILES string of the molecule is Cc1noc(C2CCc3nnn(CC(C)C)c3C2)n1. The van der Waals surface area contributed by atoms with Crippen molar-refractivity contribution in [1.82, 2.24) is 25.1 Å². The van der Waals surface area contributed by atoms with Crippen molar-refractivity contribution in [2.75, 3.05) is 0 Å². The minimum Gasteiger partial charge on any atom is -0.339 e. The summed E-state index contributed by atoms with van der Waals surface area (Å²) in [6.07, 6.45) is 2.85. The summed E-state index contributed by atoms with van der Waals surface area (Å²) in [5, 5.41) is 12.4. The molecule has 0 radical (unpaired) electrons. The van der Waals surface area contributed by atoms with Crippen LogP contribution in [0.5, 0.6) is 0 Å². The average molecular weight is 261 g/mol. The minimum absolute atomic E-state index is 0.304. The van der Waals surface area contributed by atoms with E-state index in [1.807, 2.05) is 11.6 Å². The Hall–Kier alpha value is -1.72. The van der Waals surface area contributed by atoms with Crippen molar-refractivity contribution in [3.63, 3.8) is 0 Å². The van der Waals surface area contributed by atoms with Gasteiger partial charge in [0.15, 0.2) is 5.82 Å². The monoisotopic (exact) mass is 261 g/mol. The maximum Gasteiger partial charge on any atom is 0.230 e. The third-order valence-corrected chi connectivity index (χ3v) is 3.52. The lowest BCUT2D eigenvalue weighted by molar-refractivity contribution is 0.333. The van der Waals surface area contributed by atoms with Crippen LogP contribution in [0.3, 0.4) is 0 Å². The second-order valence-corrected chi connectivity index (χ2v) is 5.68. The number of hydrogen-bond acceptors (Lipinski definition) is 5.